The molecule has 5 rings (SSSR count). The van der Waals surface area contributed by atoms with E-state index < -0.39 is 29.6 Å². The summed E-state index contributed by atoms with van der Waals surface area (Å²) < 4.78 is 74.7. The number of halogens is 6. The number of aryl methyl sites for hydroxylation is 1. The van der Waals surface area contributed by atoms with Gasteiger partial charge >= 0.3 is 12.1 Å². The van der Waals surface area contributed by atoms with E-state index in [0.717, 1.165) is 6.07 Å². The smallest absolute Gasteiger partial charge is 0.475 e. The number of nitrogens with one attached hydrogen (secondary N) is 1. The van der Waals surface area contributed by atoms with Crippen LogP contribution in [0.25, 0.3) is 28.0 Å². The van der Waals surface area contributed by atoms with Crippen molar-refractivity contribution in [3.05, 3.63) is 108 Å². The molecule has 41 heavy (non-hydrogen) atoms. The molecule has 2 N–H and O–H groups in total. The highest BCUT2D eigenvalue weighted by Crippen LogP contribution is 2.30. The van der Waals surface area contributed by atoms with E-state index in [1.165, 1.54) is 36.4 Å². The number of imidazole rings is 1. The van der Waals surface area contributed by atoms with E-state index in [9.17, 15) is 31.1 Å². The third-order valence-electron chi connectivity index (χ3n) is 5.75. The zero-order valence-electron chi connectivity index (χ0n) is 20.9. The number of nitrogens with zero attached hydrogens (tertiary/aromatic N) is 3. The highest BCUT2D eigenvalue weighted by molar-refractivity contribution is 6.05. The minimum atomic E-state index is -5.08. The molecule has 0 aliphatic rings. The number of aromatic nitrogens is 3. The Labute approximate surface area is 227 Å². The summed E-state index contributed by atoms with van der Waals surface area (Å²) >= 11 is 0. The molecule has 0 unspecified atom stereocenters. The second kappa shape index (κ2) is 11.5. The van der Waals surface area contributed by atoms with Gasteiger partial charge in [0.1, 0.15) is 11.6 Å². The Bertz CT molecular complexity index is 1750. The van der Waals surface area contributed by atoms with Crippen LogP contribution in [-0.2, 0) is 4.79 Å². The van der Waals surface area contributed by atoms with Crippen molar-refractivity contribution in [2.45, 2.75) is 13.1 Å². The van der Waals surface area contributed by atoms with Crippen LogP contribution in [0.5, 0.6) is 0 Å². The molecule has 0 spiro atoms. The molecule has 5 aromatic rings. The van der Waals surface area contributed by atoms with Gasteiger partial charge in [0.2, 0.25) is 0 Å². The van der Waals surface area contributed by atoms with Crippen LogP contribution >= 0.6 is 0 Å². The van der Waals surface area contributed by atoms with Crippen molar-refractivity contribution in [2.24, 2.45) is 0 Å². The molecule has 0 atom stereocenters. The summed E-state index contributed by atoms with van der Waals surface area (Å²) in [5, 5.41) is 9.86. The summed E-state index contributed by atoms with van der Waals surface area (Å²) in [6.45, 7) is 1.72. The molecule has 2 aromatic carbocycles. The van der Waals surface area contributed by atoms with Gasteiger partial charge in [-0.05, 0) is 55.5 Å². The maximum absolute atomic E-state index is 14.4. The van der Waals surface area contributed by atoms with Gasteiger partial charge in [-0.3, -0.25) is 14.2 Å². The number of hydrogen-bond acceptors (Lipinski definition) is 4. The topological polar surface area (TPSA) is 96.6 Å². The molecule has 13 heteroatoms. The first-order chi connectivity index (χ1) is 19.4. The second-order valence-corrected chi connectivity index (χ2v) is 8.48. The van der Waals surface area contributed by atoms with Gasteiger partial charge in [-0.25, -0.2) is 22.9 Å². The molecule has 0 bridgehead atoms. The third kappa shape index (κ3) is 6.35. The molecule has 1 amide bonds. The first kappa shape index (κ1) is 28.8. The summed E-state index contributed by atoms with van der Waals surface area (Å²) in [6.07, 6.45) is -0.183. The lowest BCUT2D eigenvalue weighted by Gasteiger charge is -2.11. The Morgan fingerprint density at radius 3 is 2.22 bits per heavy atom. The number of amides is 1. The Morgan fingerprint density at radius 2 is 1.56 bits per heavy atom. The van der Waals surface area contributed by atoms with E-state index in [1.54, 1.807) is 42.0 Å². The van der Waals surface area contributed by atoms with E-state index in [0.29, 0.717) is 33.6 Å². The van der Waals surface area contributed by atoms with E-state index in [-0.39, 0.29) is 17.3 Å². The van der Waals surface area contributed by atoms with Crippen LogP contribution in [0.15, 0.2) is 79.3 Å². The van der Waals surface area contributed by atoms with E-state index in [2.05, 4.69) is 15.3 Å². The number of pyridine rings is 2. The molecular weight excluding hydrogens is 554 g/mol. The quantitative estimate of drug-likeness (QED) is 0.235. The highest BCUT2D eigenvalue weighted by atomic mass is 19.4. The highest BCUT2D eigenvalue weighted by Gasteiger charge is 2.38. The lowest BCUT2D eigenvalue weighted by atomic mass is 10.0. The lowest BCUT2D eigenvalue weighted by Crippen LogP contribution is -2.21. The number of carbonyl (C=O) groups excluding carboxylic acids is 1. The SMILES string of the molecule is Cc1ncc(-c2cccn3c(-c4cccc(F)c4F)ncc23)cc1C(=O)Nc1ccc(F)cc1.O=C(O)C(F)(F)F. The number of anilines is 1. The Balaban J connectivity index is 0.000000493. The van der Waals surface area contributed by atoms with Crippen LogP contribution in [0.1, 0.15) is 16.1 Å². The molecule has 0 aliphatic carbocycles. The van der Waals surface area contributed by atoms with Crippen molar-refractivity contribution < 1.29 is 41.0 Å². The molecule has 7 nitrogen and oxygen atoms in total. The van der Waals surface area contributed by atoms with Crippen molar-refractivity contribution in [2.75, 3.05) is 5.32 Å². The molecule has 0 fully saturated rings. The van der Waals surface area contributed by atoms with Crippen LogP contribution < -0.4 is 5.32 Å². The Kier molecular flexibility index (Phi) is 8.08. The molecule has 0 saturated heterocycles. The average molecular weight is 572 g/mol. The molecule has 0 aliphatic heterocycles. The zero-order valence-corrected chi connectivity index (χ0v) is 20.9. The number of aliphatic carboxylic acids is 1. The van der Waals surface area contributed by atoms with Crippen LogP contribution in [0, 0.1) is 24.4 Å². The van der Waals surface area contributed by atoms with Crippen LogP contribution in [0.2, 0.25) is 0 Å². The van der Waals surface area contributed by atoms with Crippen molar-refractivity contribution in [3.63, 3.8) is 0 Å². The summed E-state index contributed by atoms with van der Waals surface area (Å²) in [5.74, 6) is -5.22. The van der Waals surface area contributed by atoms with Crippen LogP contribution in [0.3, 0.4) is 0 Å². The second-order valence-electron chi connectivity index (χ2n) is 8.48. The van der Waals surface area contributed by atoms with Gasteiger partial charge in [0.15, 0.2) is 11.6 Å². The first-order valence-corrected chi connectivity index (χ1v) is 11.6. The molecule has 0 saturated carbocycles. The summed E-state index contributed by atoms with van der Waals surface area (Å²) in [5.41, 5.74) is 3.35. The standard InChI is InChI=1S/C26H17F3N4O.C2HF3O2/c1-15-21(26(34)32-18-9-7-17(27)8-10-18)12-16(13-30-15)19-5-3-11-33-23(19)14-31-25(33)20-4-2-6-22(28)24(20)29;3-2(4,5)1(6)7/h2-14H,1H3,(H,32,34);(H,6,7). The maximum atomic E-state index is 14.4. The molecule has 3 heterocycles. The lowest BCUT2D eigenvalue weighted by molar-refractivity contribution is -0.192. The Hall–Kier alpha value is -5.20. The van der Waals surface area contributed by atoms with Crippen molar-refractivity contribution in [1.29, 1.82) is 0 Å². The first-order valence-electron chi connectivity index (χ1n) is 11.6. The van der Waals surface area contributed by atoms with Crippen molar-refractivity contribution in [1.82, 2.24) is 14.4 Å². The summed E-state index contributed by atoms with van der Waals surface area (Å²) in [6, 6.07) is 14.7. The van der Waals surface area contributed by atoms with Gasteiger partial charge < -0.3 is 10.4 Å². The minimum absolute atomic E-state index is 0.0403. The third-order valence-corrected chi connectivity index (χ3v) is 5.75. The van der Waals surface area contributed by atoms with Crippen molar-refractivity contribution >= 4 is 23.1 Å². The molecule has 0 radical (unpaired) electrons. The number of carboxylic acids is 1. The number of fused-ring (bicyclic) bond motifs is 1. The number of hydrogen-bond donors (Lipinski definition) is 2. The average Bonchev–Trinajstić information content (AvgIpc) is 3.36. The fraction of sp³-hybridized carbons (Fsp3) is 0.0714. The van der Waals surface area contributed by atoms with Gasteiger partial charge in [0, 0.05) is 29.2 Å². The number of benzene rings is 2. The van der Waals surface area contributed by atoms with Gasteiger partial charge in [-0.2, -0.15) is 13.2 Å². The Morgan fingerprint density at radius 1 is 0.902 bits per heavy atom. The fourth-order valence-corrected chi connectivity index (χ4v) is 3.78. The van der Waals surface area contributed by atoms with Gasteiger partial charge in [-0.15, -0.1) is 0 Å². The molecular formula is C28H18F6N4O3. The van der Waals surface area contributed by atoms with Gasteiger partial charge in [0.25, 0.3) is 5.91 Å². The maximum Gasteiger partial charge on any atom is 0.490 e. The van der Waals surface area contributed by atoms with E-state index >= 15 is 0 Å². The molecule has 3 aromatic heterocycles. The van der Waals surface area contributed by atoms with Crippen LogP contribution in [0.4, 0.5) is 32.0 Å². The fourth-order valence-electron chi connectivity index (χ4n) is 3.78. The molecule has 210 valence electrons. The summed E-state index contributed by atoms with van der Waals surface area (Å²) in [4.78, 5) is 30.5. The van der Waals surface area contributed by atoms with E-state index in [4.69, 9.17) is 9.90 Å². The zero-order chi connectivity index (χ0) is 29.9. The van der Waals surface area contributed by atoms with Gasteiger partial charge in [0.05, 0.1) is 28.5 Å². The number of alkyl halides is 3. The number of carbonyl (C=O) groups is 2. The monoisotopic (exact) mass is 572 g/mol. The minimum Gasteiger partial charge on any atom is -0.475 e. The van der Waals surface area contributed by atoms with Gasteiger partial charge in [-0.1, -0.05) is 12.1 Å². The number of carboxylic acid groups (broad SMARTS) is 1. The van der Waals surface area contributed by atoms with E-state index in [1.807, 2.05) is 6.07 Å². The van der Waals surface area contributed by atoms with Crippen LogP contribution in [-0.4, -0.2) is 37.5 Å². The number of rotatable bonds is 4. The normalized spacial score (nSPS) is 11.1. The predicted octanol–water partition coefficient (Wildman–Crippen LogP) is 6.67. The largest absolute Gasteiger partial charge is 0.490 e. The predicted molar refractivity (Wildman–Crippen MR) is 137 cm³/mol. The summed E-state index contributed by atoms with van der Waals surface area (Å²) in [7, 11) is 0. The van der Waals surface area contributed by atoms with Crippen molar-refractivity contribution in [3.8, 4) is 22.5 Å².